The summed E-state index contributed by atoms with van der Waals surface area (Å²) < 4.78 is 32.9. The van der Waals surface area contributed by atoms with Crippen molar-refractivity contribution in [1.29, 1.82) is 0 Å². The van der Waals surface area contributed by atoms with Crippen molar-refractivity contribution >= 4 is 21.6 Å². The van der Waals surface area contributed by atoms with Crippen molar-refractivity contribution in [1.82, 2.24) is 14.5 Å². The Morgan fingerprint density at radius 1 is 1.12 bits per heavy atom. The van der Waals surface area contributed by atoms with Crippen molar-refractivity contribution in [2.24, 2.45) is 0 Å². The molecule has 3 N–H and O–H groups in total. The predicted molar refractivity (Wildman–Crippen MR) is 119 cm³/mol. The zero-order valence-electron chi connectivity index (χ0n) is 17.6. The fraction of sp³-hybridized carbons (Fsp3) is 0.273. The van der Waals surface area contributed by atoms with E-state index in [-0.39, 0.29) is 28.5 Å². The smallest absolute Gasteiger partial charge is 0.273 e. The van der Waals surface area contributed by atoms with Gasteiger partial charge in [0.1, 0.15) is 11.4 Å². The number of phenolic OH excluding ortho intramolecular Hbond substituents is 1. The Balaban J connectivity index is 1.46. The number of H-pyrrole nitrogens is 1. The molecule has 168 valence electrons. The molecular formula is C22H24N4O5S. The Kier molecular flexibility index (Phi) is 6.00. The number of aromatic hydroxyl groups is 1. The van der Waals surface area contributed by atoms with Gasteiger partial charge in [0.05, 0.1) is 22.8 Å². The molecule has 4 rings (SSSR count). The molecule has 9 nitrogen and oxygen atoms in total. The third-order valence-electron chi connectivity index (χ3n) is 5.14. The molecule has 1 aliphatic heterocycles. The van der Waals surface area contributed by atoms with Crippen molar-refractivity contribution in [3.63, 3.8) is 0 Å². The van der Waals surface area contributed by atoms with Crippen molar-refractivity contribution in [3.8, 4) is 17.0 Å². The average Bonchev–Trinajstić information content (AvgIpc) is 3.24. The van der Waals surface area contributed by atoms with Gasteiger partial charge in [0.2, 0.25) is 10.0 Å². The molecule has 2 heterocycles. The number of hydrogen-bond acceptors (Lipinski definition) is 6. The fourth-order valence-corrected chi connectivity index (χ4v) is 5.24. The monoisotopic (exact) mass is 456 g/mol. The number of ether oxygens (including phenoxy) is 1. The molecule has 0 unspecified atom stereocenters. The second-order valence-electron chi connectivity index (χ2n) is 7.74. The van der Waals surface area contributed by atoms with E-state index in [1.165, 1.54) is 28.6 Å². The summed E-state index contributed by atoms with van der Waals surface area (Å²) in [6.45, 7) is 4.28. The largest absolute Gasteiger partial charge is 0.507 e. The molecule has 2 atom stereocenters. The molecule has 0 bridgehead atoms. The minimum Gasteiger partial charge on any atom is -0.507 e. The number of amides is 1. The second kappa shape index (κ2) is 8.73. The maximum atomic E-state index is 12.9. The molecule has 0 saturated carbocycles. The van der Waals surface area contributed by atoms with E-state index in [1.54, 1.807) is 30.3 Å². The van der Waals surface area contributed by atoms with Gasteiger partial charge in [0, 0.05) is 24.3 Å². The van der Waals surface area contributed by atoms with Crippen molar-refractivity contribution in [3.05, 3.63) is 60.3 Å². The highest BCUT2D eigenvalue weighted by Crippen LogP contribution is 2.27. The summed E-state index contributed by atoms with van der Waals surface area (Å²) >= 11 is 0. The van der Waals surface area contributed by atoms with Crippen LogP contribution in [0.25, 0.3) is 11.3 Å². The first-order chi connectivity index (χ1) is 15.2. The molecule has 1 aliphatic rings. The van der Waals surface area contributed by atoms with Crippen LogP contribution in [0.15, 0.2) is 59.5 Å². The SMILES string of the molecule is C[C@H]1CN(S(=O)(=O)c2ccc(NC(=O)c3cc(-c4ccccc4O)n[nH]3)cc2)C[C@H](C)O1. The Hall–Kier alpha value is -3.21. The summed E-state index contributed by atoms with van der Waals surface area (Å²) in [6, 6.07) is 14.2. The summed E-state index contributed by atoms with van der Waals surface area (Å²) in [5.41, 5.74) is 1.58. The van der Waals surface area contributed by atoms with Crippen LogP contribution in [0, 0.1) is 0 Å². The number of aromatic amines is 1. The minimum absolute atomic E-state index is 0.0619. The molecule has 0 spiro atoms. The zero-order valence-corrected chi connectivity index (χ0v) is 18.5. The highest BCUT2D eigenvalue weighted by atomic mass is 32.2. The first-order valence-electron chi connectivity index (χ1n) is 10.1. The number of nitrogens with zero attached hydrogens (tertiary/aromatic N) is 2. The lowest BCUT2D eigenvalue weighted by atomic mass is 10.1. The summed E-state index contributed by atoms with van der Waals surface area (Å²) in [4.78, 5) is 12.7. The van der Waals surface area contributed by atoms with E-state index >= 15 is 0 Å². The lowest BCUT2D eigenvalue weighted by molar-refractivity contribution is -0.0440. The van der Waals surface area contributed by atoms with Crippen molar-refractivity contribution in [2.45, 2.75) is 31.0 Å². The Morgan fingerprint density at radius 2 is 1.78 bits per heavy atom. The third-order valence-corrected chi connectivity index (χ3v) is 6.98. The van der Waals surface area contributed by atoms with E-state index < -0.39 is 15.9 Å². The summed E-state index contributed by atoms with van der Waals surface area (Å²) in [5.74, 6) is -0.377. The topological polar surface area (TPSA) is 125 Å². The molecule has 0 radical (unpaired) electrons. The first kappa shape index (κ1) is 22.0. The molecule has 1 fully saturated rings. The van der Waals surface area contributed by atoms with Gasteiger partial charge < -0.3 is 15.2 Å². The first-order valence-corrected chi connectivity index (χ1v) is 11.6. The predicted octanol–water partition coefficient (Wildman–Crippen LogP) is 2.83. The second-order valence-corrected chi connectivity index (χ2v) is 9.68. The Labute approximate surface area is 186 Å². The summed E-state index contributed by atoms with van der Waals surface area (Å²) in [5, 5.41) is 19.4. The number of benzene rings is 2. The van der Waals surface area contributed by atoms with Gasteiger partial charge in [-0.2, -0.15) is 9.40 Å². The number of para-hydroxylation sites is 1. The Morgan fingerprint density at radius 3 is 2.44 bits per heavy atom. The molecule has 32 heavy (non-hydrogen) atoms. The average molecular weight is 457 g/mol. The molecule has 1 amide bonds. The molecule has 10 heteroatoms. The van der Waals surface area contributed by atoms with E-state index in [9.17, 15) is 18.3 Å². The highest BCUT2D eigenvalue weighted by Gasteiger charge is 2.32. The highest BCUT2D eigenvalue weighted by molar-refractivity contribution is 7.89. The number of hydrogen-bond donors (Lipinski definition) is 3. The van der Waals surface area contributed by atoms with Crippen LogP contribution in [0.2, 0.25) is 0 Å². The van der Waals surface area contributed by atoms with Crippen LogP contribution in [0.1, 0.15) is 24.3 Å². The lowest BCUT2D eigenvalue weighted by Crippen LogP contribution is -2.48. The number of rotatable bonds is 5. The molecule has 3 aromatic rings. The van der Waals surface area contributed by atoms with Gasteiger partial charge in [-0.3, -0.25) is 9.89 Å². The van der Waals surface area contributed by atoms with Gasteiger partial charge in [0.15, 0.2) is 0 Å². The van der Waals surface area contributed by atoms with Crippen LogP contribution < -0.4 is 5.32 Å². The number of carbonyl (C=O) groups excluding carboxylic acids is 1. The number of nitrogens with one attached hydrogen (secondary N) is 2. The van der Waals surface area contributed by atoms with E-state index in [0.29, 0.717) is 30.0 Å². The van der Waals surface area contributed by atoms with Crippen LogP contribution in [0.5, 0.6) is 5.75 Å². The van der Waals surface area contributed by atoms with Gasteiger partial charge in [-0.25, -0.2) is 8.42 Å². The van der Waals surface area contributed by atoms with Crippen LogP contribution in [0.4, 0.5) is 5.69 Å². The molecular weight excluding hydrogens is 432 g/mol. The maximum Gasteiger partial charge on any atom is 0.273 e. The minimum atomic E-state index is -3.66. The number of aromatic nitrogens is 2. The van der Waals surface area contributed by atoms with Crippen LogP contribution >= 0.6 is 0 Å². The standard InChI is InChI=1S/C22H24N4O5S/c1-14-12-26(13-15(2)31-14)32(29,30)17-9-7-16(8-10-17)23-22(28)20-11-19(24-25-20)18-5-3-4-6-21(18)27/h3-11,14-15,27H,12-13H2,1-2H3,(H,23,28)(H,24,25)/t14-,15-/m0/s1. The number of carbonyl (C=O) groups is 1. The van der Waals surface area contributed by atoms with Crippen molar-refractivity contribution < 1.29 is 23.1 Å². The summed E-state index contributed by atoms with van der Waals surface area (Å²) in [6.07, 6.45) is -0.353. The van der Waals surface area contributed by atoms with Gasteiger partial charge in [0.25, 0.3) is 5.91 Å². The van der Waals surface area contributed by atoms with E-state index in [0.717, 1.165) is 0 Å². The zero-order chi connectivity index (χ0) is 22.9. The normalized spacial score (nSPS) is 19.6. The third kappa shape index (κ3) is 4.52. The van der Waals surface area contributed by atoms with Gasteiger partial charge in [-0.05, 0) is 56.3 Å². The molecule has 1 aromatic heterocycles. The van der Waals surface area contributed by atoms with Crippen LogP contribution in [0.3, 0.4) is 0 Å². The number of phenols is 1. The van der Waals surface area contributed by atoms with Gasteiger partial charge in [-0.1, -0.05) is 12.1 Å². The van der Waals surface area contributed by atoms with E-state index in [2.05, 4.69) is 15.5 Å². The van der Waals surface area contributed by atoms with E-state index in [1.807, 2.05) is 13.8 Å². The number of morpholine rings is 1. The van der Waals surface area contributed by atoms with Crippen molar-refractivity contribution in [2.75, 3.05) is 18.4 Å². The Bertz CT molecular complexity index is 1210. The summed E-state index contributed by atoms with van der Waals surface area (Å²) in [7, 11) is -3.66. The maximum absolute atomic E-state index is 12.9. The molecule has 1 saturated heterocycles. The number of sulfonamides is 1. The van der Waals surface area contributed by atoms with Crippen LogP contribution in [-0.4, -0.2) is 59.2 Å². The quantitative estimate of drug-likeness (QED) is 0.542. The van der Waals surface area contributed by atoms with Gasteiger partial charge >= 0.3 is 0 Å². The lowest BCUT2D eigenvalue weighted by Gasteiger charge is -2.34. The van der Waals surface area contributed by atoms with Gasteiger partial charge in [-0.15, -0.1) is 0 Å². The van der Waals surface area contributed by atoms with E-state index in [4.69, 9.17) is 4.74 Å². The fourth-order valence-electron chi connectivity index (χ4n) is 3.65. The molecule has 2 aromatic carbocycles. The van der Waals surface area contributed by atoms with Crippen LogP contribution in [-0.2, 0) is 14.8 Å². The molecule has 0 aliphatic carbocycles. The number of anilines is 1.